The molecule has 0 aliphatic rings. The molecule has 0 amide bonds. The molecule has 1 nitrogen and oxygen atoms in total. The van der Waals surface area contributed by atoms with Crippen LogP contribution in [0.5, 0.6) is 0 Å². The summed E-state index contributed by atoms with van der Waals surface area (Å²) in [6.07, 6.45) is 0. The summed E-state index contributed by atoms with van der Waals surface area (Å²) in [7, 11) is 0. The van der Waals surface area contributed by atoms with Crippen LogP contribution < -0.4 is 5.73 Å². The summed E-state index contributed by atoms with van der Waals surface area (Å²) in [6.45, 7) is 0. The van der Waals surface area contributed by atoms with Gasteiger partial charge >= 0.3 is 0 Å². The van der Waals surface area contributed by atoms with Crippen molar-refractivity contribution in [3.63, 3.8) is 0 Å². The third kappa shape index (κ3) is 0.988. The Hall–Kier alpha value is -1.12. The number of nitrogens with two attached hydrogens (primary N) is 1. The van der Waals surface area contributed by atoms with Crippen molar-refractivity contribution in [3.05, 3.63) is 29.8 Å². The van der Waals surface area contributed by atoms with Gasteiger partial charge in [-0.2, -0.15) is 0 Å². The summed E-state index contributed by atoms with van der Waals surface area (Å²) in [5.74, 6) is -1.97. The van der Waals surface area contributed by atoms with Crippen molar-refractivity contribution in [1.29, 1.82) is 0 Å². The number of halogens is 2. The molecule has 3 heteroatoms. The molecule has 0 bridgehead atoms. The van der Waals surface area contributed by atoms with E-state index in [4.69, 9.17) is 5.73 Å². The van der Waals surface area contributed by atoms with Gasteiger partial charge in [-0.05, 0) is 12.1 Å². The second-order valence-electron chi connectivity index (χ2n) is 1.55. The van der Waals surface area contributed by atoms with Gasteiger partial charge in [0.2, 0.25) is 0 Å². The van der Waals surface area contributed by atoms with Crippen molar-refractivity contribution in [1.82, 2.24) is 0 Å². The summed E-state index contributed by atoms with van der Waals surface area (Å²) >= 11 is 0. The smallest absolute Gasteiger partial charge is 0.182 e. The average Bonchev–Trinajstić information content (AvgIpc) is 1.83. The molecule has 0 atom stereocenters. The van der Waals surface area contributed by atoms with Gasteiger partial charge in [-0.15, -0.1) is 0 Å². The Bertz CT molecular complexity index is 202. The second kappa shape index (κ2) is 2.01. The van der Waals surface area contributed by atoms with Gasteiger partial charge < -0.3 is 5.73 Å². The van der Waals surface area contributed by atoms with Crippen LogP contribution in [0.3, 0.4) is 0 Å². The van der Waals surface area contributed by atoms with E-state index in [-0.39, 0.29) is 5.69 Å². The Labute approximate surface area is 51.1 Å². The molecule has 0 saturated heterocycles. The molecule has 0 unspecified atom stereocenters. The highest BCUT2D eigenvalue weighted by Gasteiger charge is 2.02. The zero-order valence-electron chi connectivity index (χ0n) is 4.49. The maximum absolute atomic E-state index is 12.2. The monoisotopic (exact) mass is 128 g/mol. The van der Waals surface area contributed by atoms with Crippen LogP contribution >= 0.6 is 0 Å². The van der Waals surface area contributed by atoms with Crippen LogP contribution in [-0.2, 0) is 0 Å². The molecular formula is C6H4F2N. The molecule has 0 aliphatic heterocycles. The quantitative estimate of drug-likeness (QED) is 0.524. The van der Waals surface area contributed by atoms with Crippen LogP contribution in [0.25, 0.3) is 0 Å². The van der Waals surface area contributed by atoms with Crippen molar-refractivity contribution >= 4 is 5.69 Å². The largest absolute Gasteiger partial charge is 0.396 e. The van der Waals surface area contributed by atoms with E-state index >= 15 is 0 Å². The number of benzene rings is 1. The highest BCUT2D eigenvalue weighted by atomic mass is 19.2. The lowest BCUT2D eigenvalue weighted by Crippen LogP contribution is -1.92. The SMILES string of the molecule is Nc1[c]ccc(F)c1F. The molecule has 0 fully saturated rings. The summed E-state index contributed by atoms with van der Waals surface area (Å²) in [5.41, 5.74) is 4.67. The zero-order valence-corrected chi connectivity index (χ0v) is 4.49. The molecule has 1 rings (SSSR count). The molecule has 2 N–H and O–H groups in total. The minimum absolute atomic E-state index is 0.282. The average molecular weight is 128 g/mol. The predicted molar refractivity (Wildman–Crippen MR) is 29.6 cm³/mol. The molecular weight excluding hydrogens is 124 g/mol. The molecule has 1 aromatic carbocycles. The number of anilines is 1. The van der Waals surface area contributed by atoms with E-state index in [1.807, 2.05) is 0 Å². The van der Waals surface area contributed by atoms with Gasteiger partial charge in [0.1, 0.15) is 0 Å². The standard InChI is InChI=1S/C6H4F2N/c7-4-2-1-3-5(9)6(4)8/h1-2H,9H2. The molecule has 0 heterocycles. The number of rotatable bonds is 0. The molecule has 47 valence electrons. The minimum Gasteiger partial charge on any atom is -0.396 e. The van der Waals surface area contributed by atoms with Crippen LogP contribution in [0, 0.1) is 17.7 Å². The van der Waals surface area contributed by atoms with Gasteiger partial charge in [0, 0.05) is 6.07 Å². The lowest BCUT2D eigenvalue weighted by molar-refractivity contribution is 0.512. The van der Waals surface area contributed by atoms with Gasteiger partial charge in [-0.3, -0.25) is 0 Å². The Morgan fingerprint density at radius 2 is 2.11 bits per heavy atom. The van der Waals surface area contributed by atoms with Crippen LogP contribution in [-0.4, -0.2) is 0 Å². The highest BCUT2D eigenvalue weighted by Crippen LogP contribution is 2.10. The van der Waals surface area contributed by atoms with E-state index in [1.165, 1.54) is 6.07 Å². The molecule has 1 aromatic rings. The first-order valence-electron chi connectivity index (χ1n) is 2.33. The lowest BCUT2D eigenvalue weighted by atomic mass is 10.3. The Morgan fingerprint density at radius 1 is 1.44 bits per heavy atom. The minimum atomic E-state index is -1.03. The van der Waals surface area contributed by atoms with Crippen molar-refractivity contribution in [2.45, 2.75) is 0 Å². The Morgan fingerprint density at radius 3 is 2.56 bits per heavy atom. The number of nitrogen functional groups attached to an aromatic ring is 1. The Kier molecular flexibility index (Phi) is 1.34. The first kappa shape index (κ1) is 6.01. The second-order valence-corrected chi connectivity index (χ2v) is 1.55. The van der Waals surface area contributed by atoms with Crippen molar-refractivity contribution in [2.75, 3.05) is 5.73 Å². The predicted octanol–water partition coefficient (Wildman–Crippen LogP) is 1.35. The van der Waals surface area contributed by atoms with Gasteiger partial charge in [-0.25, -0.2) is 8.78 Å². The highest BCUT2D eigenvalue weighted by molar-refractivity contribution is 5.37. The first-order valence-corrected chi connectivity index (χ1v) is 2.33. The third-order valence-corrected chi connectivity index (χ3v) is 0.915. The fourth-order valence-electron chi connectivity index (χ4n) is 0.470. The molecule has 9 heavy (non-hydrogen) atoms. The van der Waals surface area contributed by atoms with Gasteiger partial charge in [0.15, 0.2) is 11.6 Å². The first-order chi connectivity index (χ1) is 4.22. The Balaban J connectivity index is 3.25. The van der Waals surface area contributed by atoms with E-state index in [0.29, 0.717) is 0 Å². The third-order valence-electron chi connectivity index (χ3n) is 0.915. The lowest BCUT2D eigenvalue weighted by Gasteiger charge is -1.92. The van der Waals surface area contributed by atoms with Gasteiger partial charge in [0.25, 0.3) is 0 Å². The van der Waals surface area contributed by atoms with E-state index in [9.17, 15) is 8.78 Å². The fraction of sp³-hybridized carbons (Fsp3) is 0. The van der Waals surface area contributed by atoms with E-state index in [1.54, 1.807) is 0 Å². The van der Waals surface area contributed by atoms with Crippen molar-refractivity contribution < 1.29 is 8.78 Å². The normalized spacial score (nSPS) is 9.56. The van der Waals surface area contributed by atoms with Crippen LogP contribution in [0.1, 0.15) is 0 Å². The van der Waals surface area contributed by atoms with E-state index < -0.39 is 11.6 Å². The maximum Gasteiger partial charge on any atom is 0.182 e. The number of hydrogen-bond donors (Lipinski definition) is 1. The summed E-state index contributed by atoms with van der Waals surface area (Å²) in [6, 6.07) is 4.50. The number of hydrogen-bond acceptors (Lipinski definition) is 1. The van der Waals surface area contributed by atoms with Crippen LogP contribution in [0.15, 0.2) is 12.1 Å². The molecule has 1 radical (unpaired) electrons. The summed E-state index contributed by atoms with van der Waals surface area (Å²) in [5, 5.41) is 0. The molecule has 0 aromatic heterocycles. The van der Waals surface area contributed by atoms with Crippen molar-refractivity contribution in [2.24, 2.45) is 0 Å². The molecule has 0 saturated carbocycles. The van der Waals surface area contributed by atoms with Gasteiger partial charge in [0.05, 0.1) is 5.69 Å². The van der Waals surface area contributed by atoms with E-state index in [2.05, 4.69) is 6.07 Å². The summed E-state index contributed by atoms with van der Waals surface area (Å²) < 4.78 is 24.3. The summed E-state index contributed by atoms with van der Waals surface area (Å²) in [4.78, 5) is 0. The maximum atomic E-state index is 12.2. The topological polar surface area (TPSA) is 26.0 Å². The van der Waals surface area contributed by atoms with Gasteiger partial charge in [-0.1, -0.05) is 0 Å². The zero-order chi connectivity index (χ0) is 6.85. The molecule has 0 spiro atoms. The van der Waals surface area contributed by atoms with E-state index in [0.717, 1.165) is 6.07 Å². The van der Waals surface area contributed by atoms with Crippen molar-refractivity contribution in [3.8, 4) is 0 Å². The fourth-order valence-corrected chi connectivity index (χ4v) is 0.470. The molecule has 0 aliphatic carbocycles. The van der Waals surface area contributed by atoms with Crippen LogP contribution in [0.2, 0.25) is 0 Å². The van der Waals surface area contributed by atoms with Crippen LogP contribution in [0.4, 0.5) is 14.5 Å².